The predicted molar refractivity (Wildman–Crippen MR) is 163 cm³/mol. The van der Waals surface area contributed by atoms with E-state index in [4.69, 9.17) is 5.41 Å². The van der Waals surface area contributed by atoms with Gasteiger partial charge in [-0.3, -0.25) is 4.79 Å². The van der Waals surface area contributed by atoms with Crippen LogP contribution in [-0.4, -0.2) is 47.9 Å². The molecule has 5 atom stereocenters. The van der Waals surface area contributed by atoms with E-state index in [1.807, 2.05) is 16.6 Å². The fourth-order valence-corrected chi connectivity index (χ4v) is 11.0. The highest BCUT2D eigenvalue weighted by Gasteiger charge is 2.53. The first kappa shape index (κ1) is 30.3. The van der Waals surface area contributed by atoms with Gasteiger partial charge < -0.3 is 15.3 Å². The molecule has 1 saturated heterocycles. The van der Waals surface area contributed by atoms with Gasteiger partial charge in [0, 0.05) is 56.5 Å². The fraction of sp³-hybridized carbons (Fsp3) is 0.781. The Morgan fingerprint density at radius 3 is 2.51 bits per heavy atom. The molecule has 1 aromatic heterocycles. The minimum atomic E-state index is -3.40. The molecule has 1 aliphatic heterocycles. The van der Waals surface area contributed by atoms with Crippen LogP contribution in [0.1, 0.15) is 90.4 Å². The van der Waals surface area contributed by atoms with Crippen LogP contribution in [0, 0.1) is 51.7 Å². The lowest BCUT2D eigenvalue weighted by Crippen LogP contribution is -2.49. The second kappa shape index (κ2) is 12.6. The molecule has 5 unspecified atom stereocenters. The van der Waals surface area contributed by atoms with Gasteiger partial charge in [-0.25, -0.2) is 12.7 Å². The number of hydrogen-bond acceptors (Lipinski definition) is 6. The molecule has 2 N–H and O–H groups in total. The highest BCUT2D eigenvalue weighted by Crippen LogP contribution is 2.54. The van der Waals surface area contributed by atoms with E-state index in [1.165, 1.54) is 32.1 Å². The molecule has 8 nitrogen and oxygen atoms in total. The number of anilines is 1. The zero-order chi connectivity index (χ0) is 29.2. The lowest BCUT2D eigenvalue weighted by Gasteiger charge is -2.49. The summed E-state index contributed by atoms with van der Waals surface area (Å²) in [6, 6.07) is 5.86. The van der Waals surface area contributed by atoms with E-state index in [2.05, 4.69) is 18.3 Å². The first-order valence-corrected chi connectivity index (χ1v) is 17.5. The van der Waals surface area contributed by atoms with Crippen LogP contribution in [0.5, 0.6) is 0 Å². The van der Waals surface area contributed by atoms with Crippen molar-refractivity contribution in [3.8, 4) is 6.07 Å². The molecule has 41 heavy (non-hydrogen) atoms. The van der Waals surface area contributed by atoms with Crippen LogP contribution in [0.3, 0.4) is 0 Å². The number of hydrogen-bond donors (Lipinski definition) is 2. The van der Waals surface area contributed by atoms with Crippen LogP contribution in [0.4, 0.5) is 5.69 Å². The van der Waals surface area contributed by atoms with Gasteiger partial charge in [0.05, 0.1) is 17.0 Å². The molecule has 3 aliphatic carbocycles. The Morgan fingerprint density at radius 1 is 1.12 bits per heavy atom. The van der Waals surface area contributed by atoms with E-state index in [0.717, 1.165) is 31.4 Å². The molecule has 0 spiro atoms. The number of sulfonamides is 1. The average molecular weight is 584 g/mol. The van der Waals surface area contributed by atoms with Crippen molar-refractivity contribution in [2.24, 2.45) is 42.1 Å². The SMILES string of the molecule is CC1CC(Nc2ccc(=O)n(C)c2)C(C=N)CC1C1(CC2CCCCC2)CCN(S(=O)(=O)C2CCC(C#N)CC2)C1. The maximum absolute atomic E-state index is 13.9. The summed E-state index contributed by atoms with van der Waals surface area (Å²) in [6.07, 6.45) is 16.2. The molecule has 4 fully saturated rings. The number of nitrogens with one attached hydrogen (secondary N) is 2. The first-order valence-electron chi connectivity index (χ1n) is 16.0. The van der Waals surface area contributed by atoms with Crippen molar-refractivity contribution in [3.05, 3.63) is 28.7 Å². The maximum Gasteiger partial charge on any atom is 0.250 e. The zero-order valence-corrected chi connectivity index (χ0v) is 25.7. The highest BCUT2D eigenvalue weighted by molar-refractivity contribution is 7.89. The quantitative estimate of drug-likeness (QED) is 0.389. The lowest BCUT2D eigenvalue weighted by atomic mass is 9.57. The van der Waals surface area contributed by atoms with Gasteiger partial charge in [0.2, 0.25) is 15.6 Å². The zero-order valence-electron chi connectivity index (χ0n) is 24.9. The van der Waals surface area contributed by atoms with Crippen molar-refractivity contribution in [1.82, 2.24) is 8.87 Å². The van der Waals surface area contributed by atoms with Crippen LogP contribution in [0.25, 0.3) is 0 Å². The number of pyridine rings is 1. The summed E-state index contributed by atoms with van der Waals surface area (Å²) in [5, 5.41) is 20.9. The van der Waals surface area contributed by atoms with E-state index in [1.54, 1.807) is 23.9 Å². The summed E-state index contributed by atoms with van der Waals surface area (Å²) in [5.74, 6) is 1.47. The Kier molecular flexibility index (Phi) is 9.30. The van der Waals surface area contributed by atoms with Gasteiger partial charge in [0.1, 0.15) is 0 Å². The third kappa shape index (κ3) is 6.44. The second-order valence-corrected chi connectivity index (χ2v) is 16.0. The molecule has 5 rings (SSSR count). The van der Waals surface area contributed by atoms with Gasteiger partial charge in [0.25, 0.3) is 0 Å². The van der Waals surface area contributed by atoms with E-state index >= 15 is 0 Å². The van der Waals surface area contributed by atoms with Crippen molar-refractivity contribution < 1.29 is 8.42 Å². The minimum Gasteiger partial charge on any atom is -0.380 e. The number of rotatable bonds is 8. The lowest BCUT2D eigenvalue weighted by molar-refractivity contribution is 0.0371. The average Bonchev–Trinajstić information content (AvgIpc) is 3.41. The van der Waals surface area contributed by atoms with Crippen molar-refractivity contribution in [3.63, 3.8) is 0 Å². The molecule has 0 amide bonds. The van der Waals surface area contributed by atoms with Crippen molar-refractivity contribution >= 4 is 21.9 Å². The normalized spacial score (nSPS) is 35.5. The van der Waals surface area contributed by atoms with Crippen LogP contribution in [0.2, 0.25) is 0 Å². The third-order valence-corrected chi connectivity index (χ3v) is 13.5. The molecular weight excluding hydrogens is 534 g/mol. The van der Waals surface area contributed by atoms with E-state index in [0.29, 0.717) is 56.5 Å². The van der Waals surface area contributed by atoms with E-state index in [9.17, 15) is 18.5 Å². The van der Waals surface area contributed by atoms with Crippen molar-refractivity contribution in [2.45, 2.75) is 102 Å². The Labute approximate surface area is 246 Å². The van der Waals surface area contributed by atoms with Gasteiger partial charge in [0.15, 0.2) is 0 Å². The molecule has 1 aromatic rings. The van der Waals surface area contributed by atoms with Crippen LogP contribution in [-0.2, 0) is 17.1 Å². The van der Waals surface area contributed by atoms with Gasteiger partial charge >= 0.3 is 0 Å². The number of aromatic nitrogens is 1. The molecule has 9 heteroatoms. The molecule has 226 valence electrons. The van der Waals surface area contributed by atoms with Gasteiger partial charge in [-0.05, 0) is 80.6 Å². The van der Waals surface area contributed by atoms with Crippen LogP contribution < -0.4 is 10.9 Å². The van der Waals surface area contributed by atoms with Gasteiger partial charge in [-0.15, -0.1) is 0 Å². The highest BCUT2D eigenvalue weighted by atomic mass is 32.2. The van der Waals surface area contributed by atoms with E-state index in [-0.39, 0.29) is 34.1 Å². The predicted octanol–water partition coefficient (Wildman–Crippen LogP) is 5.55. The summed E-state index contributed by atoms with van der Waals surface area (Å²) in [7, 11) is -1.65. The molecule has 4 aliphatic rings. The second-order valence-electron chi connectivity index (χ2n) is 13.8. The van der Waals surface area contributed by atoms with E-state index < -0.39 is 10.0 Å². The molecule has 0 aromatic carbocycles. The van der Waals surface area contributed by atoms with Crippen molar-refractivity contribution in [1.29, 1.82) is 10.7 Å². The monoisotopic (exact) mass is 583 g/mol. The summed E-state index contributed by atoms with van der Waals surface area (Å²) >= 11 is 0. The molecular formula is C32H49N5O3S. The summed E-state index contributed by atoms with van der Waals surface area (Å²) < 4.78 is 31.3. The summed E-state index contributed by atoms with van der Waals surface area (Å²) in [6.45, 7) is 3.55. The summed E-state index contributed by atoms with van der Waals surface area (Å²) in [5.41, 5.74) is 0.803. The maximum atomic E-state index is 13.9. The molecule has 3 saturated carbocycles. The largest absolute Gasteiger partial charge is 0.380 e. The molecule has 2 heterocycles. The number of aryl methyl sites for hydroxylation is 1. The molecule has 0 radical (unpaired) electrons. The first-order chi connectivity index (χ1) is 19.6. The van der Waals surface area contributed by atoms with Crippen molar-refractivity contribution in [2.75, 3.05) is 18.4 Å². The Bertz CT molecular complexity index is 1270. The Balaban J connectivity index is 1.36. The molecule has 0 bridgehead atoms. The smallest absolute Gasteiger partial charge is 0.250 e. The van der Waals surface area contributed by atoms with Gasteiger partial charge in [-0.2, -0.15) is 5.26 Å². The Hall–Kier alpha value is -2.18. The number of nitriles is 1. The van der Waals surface area contributed by atoms with Crippen LogP contribution in [0.15, 0.2) is 23.1 Å². The van der Waals surface area contributed by atoms with Crippen LogP contribution >= 0.6 is 0 Å². The standard InChI is InChI=1S/C32H49N5O3S/c1-23-16-30(35-27-10-13-31(38)36(2)21-27)26(20-34)17-29(23)32(18-24-6-4-3-5-7-24)14-15-37(22-32)41(39,40)28-11-8-25(19-33)9-12-28/h10,13,20-21,23-26,28-30,34-35H,3-9,11-12,14-18,22H2,1-2H3. The summed E-state index contributed by atoms with van der Waals surface area (Å²) in [4.78, 5) is 11.9. The fourth-order valence-electron chi connectivity index (χ4n) is 8.89. The Morgan fingerprint density at radius 2 is 1.85 bits per heavy atom. The topological polar surface area (TPSA) is 119 Å². The van der Waals surface area contributed by atoms with Gasteiger partial charge in [-0.1, -0.05) is 39.0 Å². The third-order valence-electron chi connectivity index (χ3n) is 11.2. The number of nitrogens with zero attached hydrogens (tertiary/aromatic N) is 3. The minimum absolute atomic E-state index is 0.00567.